The number of nitriles is 1. The maximum Gasteiger partial charge on any atom is 0.0992 e. The van der Waals surface area contributed by atoms with E-state index in [0.717, 1.165) is 10.5 Å². The second-order valence-electron chi connectivity index (χ2n) is 2.34. The van der Waals surface area contributed by atoms with Gasteiger partial charge in [-0.15, -0.1) is 11.8 Å². The molecule has 0 spiro atoms. The van der Waals surface area contributed by atoms with Gasteiger partial charge in [-0.25, -0.2) is 0 Å². The van der Waals surface area contributed by atoms with Crippen LogP contribution in [-0.2, 0) is 6.61 Å². The minimum absolute atomic E-state index is 0.0108. The summed E-state index contributed by atoms with van der Waals surface area (Å²) >= 11 is 1.57. The Morgan fingerprint density at radius 2 is 2.25 bits per heavy atom. The van der Waals surface area contributed by atoms with Crippen LogP contribution in [0.2, 0.25) is 0 Å². The van der Waals surface area contributed by atoms with Gasteiger partial charge in [-0.3, -0.25) is 0 Å². The molecule has 0 radical (unpaired) electrons. The van der Waals surface area contributed by atoms with Crippen LogP contribution in [0.15, 0.2) is 23.1 Å². The Bertz CT molecular complexity index is 295. The standard InChI is InChI=1S/C9H9NOS/c1-12-9-3-7(5-10)2-8(4-9)6-11/h2-4,11H,6H2,1H3. The lowest BCUT2D eigenvalue weighted by atomic mass is 10.1. The summed E-state index contributed by atoms with van der Waals surface area (Å²) in [7, 11) is 0. The number of hydrogen-bond acceptors (Lipinski definition) is 3. The van der Waals surface area contributed by atoms with Gasteiger partial charge in [0, 0.05) is 4.90 Å². The lowest BCUT2D eigenvalue weighted by Crippen LogP contribution is -1.86. The lowest BCUT2D eigenvalue weighted by molar-refractivity contribution is 0.281. The molecule has 62 valence electrons. The molecular weight excluding hydrogens is 170 g/mol. The third-order valence-corrected chi connectivity index (χ3v) is 2.22. The highest BCUT2D eigenvalue weighted by atomic mass is 32.2. The van der Waals surface area contributed by atoms with Gasteiger partial charge in [0.15, 0.2) is 0 Å². The zero-order valence-electron chi connectivity index (χ0n) is 6.74. The first-order valence-corrected chi connectivity index (χ1v) is 4.71. The maximum atomic E-state index is 8.86. The van der Waals surface area contributed by atoms with Crippen LogP contribution in [0.5, 0.6) is 0 Å². The Morgan fingerprint density at radius 1 is 1.50 bits per heavy atom. The molecule has 0 aliphatic rings. The molecule has 1 rings (SSSR count). The van der Waals surface area contributed by atoms with Gasteiger partial charge in [-0.1, -0.05) is 0 Å². The van der Waals surface area contributed by atoms with E-state index in [1.807, 2.05) is 18.4 Å². The summed E-state index contributed by atoms with van der Waals surface area (Å²) in [4.78, 5) is 1.01. The Balaban J connectivity index is 3.12. The molecular formula is C9H9NOS. The van der Waals surface area contributed by atoms with Crippen LogP contribution in [0.25, 0.3) is 0 Å². The molecule has 12 heavy (non-hydrogen) atoms. The molecule has 0 fully saturated rings. The Labute approximate surface area is 75.8 Å². The summed E-state index contributed by atoms with van der Waals surface area (Å²) in [6.07, 6.45) is 1.94. The topological polar surface area (TPSA) is 44.0 Å². The van der Waals surface area contributed by atoms with Gasteiger partial charge in [0.1, 0.15) is 0 Å². The van der Waals surface area contributed by atoms with Gasteiger partial charge in [0.05, 0.1) is 18.2 Å². The van der Waals surface area contributed by atoms with Crippen molar-refractivity contribution in [2.75, 3.05) is 6.26 Å². The molecule has 2 nitrogen and oxygen atoms in total. The maximum absolute atomic E-state index is 8.86. The highest BCUT2D eigenvalue weighted by Crippen LogP contribution is 2.18. The molecule has 1 aromatic rings. The normalized spacial score (nSPS) is 9.42. The first kappa shape index (κ1) is 9.11. The van der Waals surface area contributed by atoms with Crippen molar-refractivity contribution in [1.82, 2.24) is 0 Å². The van der Waals surface area contributed by atoms with E-state index in [-0.39, 0.29) is 6.61 Å². The first-order chi connectivity index (χ1) is 5.80. The van der Waals surface area contributed by atoms with Crippen LogP contribution >= 0.6 is 11.8 Å². The summed E-state index contributed by atoms with van der Waals surface area (Å²) in [6.45, 7) is -0.0108. The van der Waals surface area contributed by atoms with Crippen LogP contribution in [0.1, 0.15) is 11.1 Å². The SMILES string of the molecule is CSc1cc(C#N)cc(CO)c1. The molecule has 1 aromatic carbocycles. The van der Waals surface area contributed by atoms with Crippen molar-refractivity contribution in [2.45, 2.75) is 11.5 Å². The van der Waals surface area contributed by atoms with Crippen molar-refractivity contribution in [3.05, 3.63) is 29.3 Å². The van der Waals surface area contributed by atoms with E-state index in [0.29, 0.717) is 5.56 Å². The average molecular weight is 179 g/mol. The summed E-state index contributed by atoms with van der Waals surface area (Å²) in [6, 6.07) is 7.44. The fourth-order valence-electron chi connectivity index (χ4n) is 0.934. The number of aliphatic hydroxyl groups excluding tert-OH is 1. The predicted molar refractivity (Wildman–Crippen MR) is 48.9 cm³/mol. The van der Waals surface area contributed by atoms with Crippen molar-refractivity contribution >= 4 is 11.8 Å². The van der Waals surface area contributed by atoms with Gasteiger partial charge in [0.2, 0.25) is 0 Å². The second kappa shape index (κ2) is 4.15. The first-order valence-electron chi connectivity index (χ1n) is 3.49. The molecule has 0 saturated carbocycles. The zero-order chi connectivity index (χ0) is 8.97. The smallest absolute Gasteiger partial charge is 0.0992 e. The largest absolute Gasteiger partial charge is 0.392 e. The van der Waals surface area contributed by atoms with Crippen molar-refractivity contribution < 1.29 is 5.11 Å². The fraction of sp³-hybridized carbons (Fsp3) is 0.222. The minimum atomic E-state index is -0.0108. The molecule has 0 aliphatic carbocycles. The van der Waals surface area contributed by atoms with Gasteiger partial charge >= 0.3 is 0 Å². The summed E-state index contributed by atoms with van der Waals surface area (Å²) in [5.41, 5.74) is 1.39. The molecule has 0 aromatic heterocycles. The quantitative estimate of drug-likeness (QED) is 0.704. The van der Waals surface area contributed by atoms with E-state index in [2.05, 4.69) is 6.07 Å². The van der Waals surface area contributed by atoms with E-state index in [1.54, 1.807) is 17.8 Å². The predicted octanol–water partition coefficient (Wildman–Crippen LogP) is 1.77. The van der Waals surface area contributed by atoms with E-state index >= 15 is 0 Å². The number of hydrogen-bond donors (Lipinski definition) is 1. The minimum Gasteiger partial charge on any atom is -0.392 e. The summed E-state index contributed by atoms with van der Waals surface area (Å²) < 4.78 is 0. The summed E-state index contributed by atoms with van der Waals surface area (Å²) in [5, 5.41) is 17.5. The monoisotopic (exact) mass is 179 g/mol. The average Bonchev–Trinajstić information content (AvgIpc) is 2.16. The summed E-state index contributed by atoms with van der Waals surface area (Å²) in [5.74, 6) is 0. The molecule has 0 unspecified atom stereocenters. The lowest BCUT2D eigenvalue weighted by Gasteiger charge is -2.00. The van der Waals surface area contributed by atoms with Crippen molar-refractivity contribution in [2.24, 2.45) is 0 Å². The number of thioether (sulfide) groups is 1. The van der Waals surface area contributed by atoms with E-state index in [4.69, 9.17) is 10.4 Å². The number of benzene rings is 1. The van der Waals surface area contributed by atoms with Crippen LogP contribution in [0.4, 0.5) is 0 Å². The Hall–Kier alpha value is -0.980. The van der Waals surface area contributed by atoms with Gasteiger partial charge in [0.25, 0.3) is 0 Å². The van der Waals surface area contributed by atoms with Gasteiger partial charge in [-0.05, 0) is 30.0 Å². The number of aliphatic hydroxyl groups is 1. The molecule has 0 bridgehead atoms. The van der Waals surface area contributed by atoms with Crippen LogP contribution in [-0.4, -0.2) is 11.4 Å². The fourth-order valence-corrected chi connectivity index (χ4v) is 1.45. The molecule has 0 aliphatic heterocycles. The Kier molecular flexibility index (Phi) is 3.15. The molecule has 3 heteroatoms. The molecule has 0 heterocycles. The molecule has 0 amide bonds. The van der Waals surface area contributed by atoms with Gasteiger partial charge in [-0.2, -0.15) is 5.26 Å². The highest BCUT2D eigenvalue weighted by molar-refractivity contribution is 7.98. The van der Waals surface area contributed by atoms with Crippen molar-refractivity contribution in [3.8, 4) is 6.07 Å². The Morgan fingerprint density at radius 3 is 2.75 bits per heavy atom. The molecule has 1 N–H and O–H groups in total. The molecule has 0 atom stereocenters. The van der Waals surface area contributed by atoms with Crippen LogP contribution in [0.3, 0.4) is 0 Å². The van der Waals surface area contributed by atoms with Gasteiger partial charge < -0.3 is 5.11 Å². The van der Waals surface area contributed by atoms with E-state index in [9.17, 15) is 0 Å². The third-order valence-electron chi connectivity index (χ3n) is 1.51. The van der Waals surface area contributed by atoms with E-state index in [1.165, 1.54) is 0 Å². The van der Waals surface area contributed by atoms with E-state index < -0.39 is 0 Å². The highest BCUT2D eigenvalue weighted by Gasteiger charge is 1.98. The number of rotatable bonds is 2. The van der Waals surface area contributed by atoms with Crippen molar-refractivity contribution in [1.29, 1.82) is 5.26 Å². The van der Waals surface area contributed by atoms with Crippen molar-refractivity contribution in [3.63, 3.8) is 0 Å². The molecule has 0 saturated heterocycles. The van der Waals surface area contributed by atoms with Crippen LogP contribution in [0, 0.1) is 11.3 Å². The zero-order valence-corrected chi connectivity index (χ0v) is 7.56. The van der Waals surface area contributed by atoms with Crippen LogP contribution < -0.4 is 0 Å². The number of nitrogens with zero attached hydrogens (tertiary/aromatic N) is 1. The third kappa shape index (κ3) is 2.00. The second-order valence-corrected chi connectivity index (χ2v) is 3.22.